The van der Waals surface area contributed by atoms with Gasteiger partial charge in [0.2, 0.25) is 0 Å². The van der Waals surface area contributed by atoms with Crippen molar-refractivity contribution in [2.45, 2.75) is 46.3 Å². The lowest BCUT2D eigenvalue weighted by molar-refractivity contribution is -0.0679. The Balaban J connectivity index is 0.00000484. The predicted molar refractivity (Wildman–Crippen MR) is 107 cm³/mol. The fourth-order valence-electron chi connectivity index (χ4n) is 2.68. The van der Waals surface area contributed by atoms with E-state index in [4.69, 9.17) is 9.47 Å². The van der Waals surface area contributed by atoms with Crippen LogP contribution in [-0.2, 0) is 9.47 Å². The first-order valence-corrected chi connectivity index (χ1v) is 8.63. The Morgan fingerprint density at radius 2 is 1.91 bits per heavy atom. The van der Waals surface area contributed by atoms with Crippen LogP contribution in [0.1, 0.15) is 34.1 Å². The molecule has 0 spiro atoms. The van der Waals surface area contributed by atoms with Gasteiger partial charge in [-0.1, -0.05) is 0 Å². The number of halogens is 1. The van der Waals surface area contributed by atoms with Gasteiger partial charge in [0.05, 0.1) is 18.8 Å². The van der Waals surface area contributed by atoms with Gasteiger partial charge >= 0.3 is 0 Å². The third-order valence-electron chi connectivity index (χ3n) is 3.48. The summed E-state index contributed by atoms with van der Waals surface area (Å²) in [6.07, 6.45) is 1.75. The average molecular weight is 442 g/mol. The van der Waals surface area contributed by atoms with Crippen molar-refractivity contribution in [3.63, 3.8) is 0 Å². The molecule has 23 heavy (non-hydrogen) atoms. The minimum atomic E-state index is 0. The molecule has 0 aromatic heterocycles. The third-order valence-corrected chi connectivity index (χ3v) is 3.48. The van der Waals surface area contributed by atoms with Gasteiger partial charge in [0, 0.05) is 45.9 Å². The molecule has 1 fully saturated rings. The second-order valence-corrected chi connectivity index (χ2v) is 5.75. The van der Waals surface area contributed by atoms with E-state index in [9.17, 15) is 0 Å². The minimum absolute atomic E-state index is 0. The molecule has 0 bridgehead atoms. The number of hydrogen-bond donors (Lipinski definition) is 2. The van der Waals surface area contributed by atoms with Crippen molar-refractivity contribution in [2.24, 2.45) is 4.99 Å². The number of morpholine rings is 1. The molecule has 2 atom stereocenters. The van der Waals surface area contributed by atoms with E-state index in [1.54, 1.807) is 0 Å². The Kier molecular flexibility index (Phi) is 14.2. The number of nitrogens with zero attached hydrogens (tertiary/aromatic N) is 2. The van der Waals surface area contributed by atoms with Crippen LogP contribution in [0.4, 0.5) is 0 Å². The van der Waals surface area contributed by atoms with Crippen LogP contribution in [0.15, 0.2) is 4.99 Å². The second-order valence-electron chi connectivity index (χ2n) is 5.75. The van der Waals surface area contributed by atoms with Crippen molar-refractivity contribution < 1.29 is 9.47 Å². The lowest BCUT2D eigenvalue weighted by Crippen LogP contribution is -2.45. The second kappa shape index (κ2) is 14.2. The van der Waals surface area contributed by atoms with Gasteiger partial charge in [-0.05, 0) is 34.1 Å². The fourth-order valence-corrected chi connectivity index (χ4v) is 2.68. The van der Waals surface area contributed by atoms with Gasteiger partial charge in [0.25, 0.3) is 0 Å². The van der Waals surface area contributed by atoms with Gasteiger partial charge in [-0.15, -0.1) is 24.0 Å². The molecule has 1 heterocycles. The van der Waals surface area contributed by atoms with Gasteiger partial charge in [0.1, 0.15) is 0 Å². The summed E-state index contributed by atoms with van der Waals surface area (Å²) >= 11 is 0. The molecule has 0 aromatic carbocycles. The van der Waals surface area contributed by atoms with Crippen LogP contribution in [0.3, 0.4) is 0 Å². The Hall–Kier alpha value is -0.120. The summed E-state index contributed by atoms with van der Waals surface area (Å²) in [5.74, 6) is 0.880. The van der Waals surface area contributed by atoms with Crippen molar-refractivity contribution >= 4 is 29.9 Å². The quantitative estimate of drug-likeness (QED) is 0.247. The van der Waals surface area contributed by atoms with Crippen LogP contribution in [-0.4, -0.2) is 75.5 Å². The molecule has 6 nitrogen and oxygen atoms in total. The molecule has 0 saturated carbocycles. The molecule has 1 aliphatic heterocycles. The zero-order valence-corrected chi connectivity index (χ0v) is 17.5. The normalized spacial score (nSPS) is 22.5. The molecule has 0 aliphatic carbocycles. The molecule has 0 radical (unpaired) electrons. The van der Waals surface area contributed by atoms with E-state index in [1.165, 1.54) is 0 Å². The molecule has 1 rings (SSSR count). The first kappa shape index (κ1) is 22.9. The monoisotopic (exact) mass is 442 g/mol. The maximum Gasteiger partial charge on any atom is 0.191 e. The lowest BCUT2D eigenvalue weighted by atomic mass is 10.2. The molecule has 0 aromatic rings. The Morgan fingerprint density at radius 3 is 2.52 bits per heavy atom. The first-order chi connectivity index (χ1) is 10.7. The van der Waals surface area contributed by atoms with E-state index >= 15 is 0 Å². The van der Waals surface area contributed by atoms with E-state index in [0.717, 1.165) is 58.3 Å². The van der Waals surface area contributed by atoms with Gasteiger partial charge < -0.3 is 20.1 Å². The number of guanidine groups is 1. The smallest absolute Gasteiger partial charge is 0.191 e. The predicted octanol–water partition coefficient (Wildman–Crippen LogP) is 1.70. The Labute approximate surface area is 158 Å². The van der Waals surface area contributed by atoms with Crippen molar-refractivity contribution in [2.75, 3.05) is 52.5 Å². The summed E-state index contributed by atoms with van der Waals surface area (Å²) in [5, 5.41) is 6.55. The summed E-state index contributed by atoms with van der Waals surface area (Å²) in [6.45, 7) is 15.5. The van der Waals surface area contributed by atoms with Crippen molar-refractivity contribution in [1.82, 2.24) is 15.5 Å². The molecular formula is C16H35IN4O2. The summed E-state index contributed by atoms with van der Waals surface area (Å²) in [4.78, 5) is 7.09. The number of nitrogens with one attached hydrogen (secondary N) is 2. The number of ether oxygens (including phenoxy) is 2. The van der Waals surface area contributed by atoms with Gasteiger partial charge in [0.15, 0.2) is 5.96 Å². The van der Waals surface area contributed by atoms with Crippen molar-refractivity contribution in [3.05, 3.63) is 0 Å². The van der Waals surface area contributed by atoms with Gasteiger partial charge in [-0.25, -0.2) is 0 Å². The van der Waals surface area contributed by atoms with E-state index < -0.39 is 0 Å². The Morgan fingerprint density at radius 1 is 1.22 bits per heavy atom. The van der Waals surface area contributed by atoms with Crippen LogP contribution in [0, 0.1) is 0 Å². The largest absolute Gasteiger partial charge is 0.380 e. The van der Waals surface area contributed by atoms with Gasteiger partial charge in [-0.2, -0.15) is 0 Å². The van der Waals surface area contributed by atoms with Gasteiger partial charge in [-0.3, -0.25) is 9.89 Å². The summed E-state index contributed by atoms with van der Waals surface area (Å²) < 4.78 is 11.1. The fraction of sp³-hybridized carbons (Fsp3) is 0.938. The molecule has 138 valence electrons. The molecule has 1 aliphatic rings. The maximum atomic E-state index is 5.76. The summed E-state index contributed by atoms with van der Waals surface area (Å²) in [5.41, 5.74) is 0. The van der Waals surface area contributed by atoms with Crippen LogP contribution in [0.25, 0.3) is 0 Å². The van der Waals surface area contributed by atoms with Crippen LogP contribution < -0.4 is 10.6 Å². The third kappa shape index (κ3) is 11.1. The molecular weight excluding hydrogens is 407 g/mol. The lowest BCUT2D eigenvalue weighted by Gasteiger charge is -2.35. The molecule has 1 saturated heterocycles. The highest BCUT2D eigenvalue weighted by Gasteiger charge is 2.21. The molecule has 2 unspecified atom stereocenters. The molecule has 7 heteroatoms. The van der Waals surface area contributed by atoms with E-state index in [-0.39, 0.29) is 24.0 Å². The number of rotatable bonds is 9. The maximum absolute atomic E-state index is 5.76. The average Bonchev–Trinajstić information content (AvgIpc) is 2.47. The van der Waals surface area contributed by atoms with Crippen LogP contribution in [0.5, 0.6) is 0 Å². The van der Waals surface area contributed by atoms with E-state index in [0.29, 0.717) is 18.8 Å². The zero-order valence-electron chi connectivity index (χ0n) is 15.1. The van der Waals surface area contributed by atoms with E-state index in [1.807, 2.05) is 6.92 Å². The number of hydrogen-bond acceptors (Lipinski definition) is 4. The topological polar surface area (TPSA) is 58.1 Å². The summed E-state index contributed by atoms with van der Waals surface area (Å²) in [7, 11) is 0. The van der Waals surface area contributed by atoms with Crippen molar-refractivity contribution in [1.29, 1.82) is 0 Å². The minimum Gasteiger partial charge on any atom is -0.380 e. The van der Waals surface area contributed by atoms with Crippen LogP contribution in [0.2, 0.25) is 0 Å². The molecule has 0 amide bonds. The summed E-state index contributed by atoms with van der Waals surface area (Å²) in [6, 6.07) is 0. The molecule has 2 N–H and O–H groups in total. The van der Waals surface area contributed by atoms with Crippen molar-refractivity contribution in [3.8, 4) is 0 Å². The highest BCUT2D eigenvalue weighted by Crippen LogP contribution is 2.10. The zero-order chi connectivity index (χ0) is 16.2. The standard InChI is InChI=1S/C16H34N4O2.HI/c1-5-17-16(19-9-11-21-6-2)18-8-7-10-20-12-14(3)22-15(4)13-20;/h14-15H,5-13H2,1-4H3,(H2,17,18,19);1H. The highest BCUT2D eigenvalue weighted by molar-refractivity contribution is 14.0. The number of aliphatic imine (C=N–C) groups is 1. The Bertz CT molecular complexity index is 308. The highest BCUT2D eigenvalue weighted by atomic mass is 127. The SMILES string of the molecule is CCNC(=NCCCN1CC(C)OC(C)C1)NCCOCC.I. The van der Waals surface area contributed by atoms with E-state index in [2.05, 4.69) is 41.3 Å². The van der Waals surface area contributed by atoms with Crippen LogP contribution >= 0.6 is 24.0 Å². The first-order valence-electron chi connectivity index (χ1n) is 8.63.